The fraction of sp³-hybridized carbons (Fsp3) is 0.600. The topological polar surface area (TPSA) is 35.5 Å². The lowest BCUT2D eigenvalue weighted by molar-refractivity contribution is 0.225. The molecule has 2 N–H and O–H groups in total. The van der Waals surface area contributed by atoms with Crippen LogP contribution in [0, 0.1) is 0 Å². The van der Waals surface area contributed by atoms with Crippen molar-refractivity contribution in [1.82, 2.24) is 10.2 Å². The Morgan fingerprint density at radius 3 is 2.50 bits per heavy atom. The third-order valence-corrected chi connectivity index (χ3v) is 3.54. The molecule has 0 aliphatic carbocycles. The summed E-state index contributed by atoms with van der Waals surface area (Å²) < 4.78 is 0. The Hall–Kier alpha value is -1.06. The van der Waals surface area contributed by atoms with Crippen molar-refractivity contribution in [3.05, 3.63) is 29.8 Å². The summed E-state index contributed by atoms with van der Waals surface area (Å²) in [6.07, 6.45) is 5.38. The molecule has 3 nitrogen and oxygen atoms in total. The molecule has 1 aliphatic heterocycles. The quantitative estimate of drug-likeness (QED) is 0.759. The first-order valence-corrected chi connectivity index (χ1v) is 7.05. The molecule has 1 fully saturated rings. The normalized spacial score (nSPS) is 16.9. The highest BCUT2D eigenvalue weighted by Crippen LogP contribution is 2.10. The van der Waals surface area contributed by atoms with Crippen LogP contribution in [0.5, 0.6) is 5.75 Å². The number of nitrogens with zero attached hydrogens (tertiary/aromatic N) is 1. The van der Waals surface area contributed by atoms with Crippen molar-refractivity contribution in [3.8, 4) is 5.75 Å². The molecule has 0 unspecified atom stereocenters. The van der Waals surface area contributed by atoms with E-state index in [4.69, 9.17) is 0 Å². The molecule has 0 radical (unpaired) electrons. The van der Waals surface area contributed by atoms with Crippen molar-refractivity contribution in [2.45, 2.75) is 32.2 Å². The zero-order valence-corrected chi connectivity index (χ0v) is 11.1. The predicted molar refractivity (Wildman–Crippen MR) is 74.7 cm³/mol. The molecular weight excluding hydrogens is 224 g/mol. The van der Waals surface area contributed by atoms with Crippen LogP contribution in [0.1, 0.15) is 31.2 Å². The van der Waals surface area contributed by atoms with Crippen LogP contribution >= 0.6 is 0 Å². The van der Waals surface area contributed by atoms with Crippen LogP contribution in [-0.4, -0.2) is 36.2 Å². The van der Waals surface area contributed by atoms with Crippen LogP contribution in [0.3, 0.4) is 0 Å². The molecule has 0 atom stereocenters. The molecule has 1 aromatic rings. The first-order chi connectivity index (χ1) is 8.84. The fourth-order valence-electron chi connectivity index (χ4n) is 2.46. The Labute approximate surface area is 110 Å². The van der Waals surface area contributed by atoms with Crippen LogP contribution in [0.2, 0.25) is 0 Å². The number of aromatic hydroxyl groups is 1. The van der Waals surface area contributed by atoms with Gasteiger partial charge in [-0.2, -0.15) is 0 Å². The van der Waals surface area contributed by atoms with E-state index in [1.807, 2.05) is 12.1 Å². The number of piperidine rings is 1. The molecule has 1 heterocycles. The third kappa shape index (κ3) is 4.67. The van der Waals surface area contributed by atoms with Crippen molar-refractivity contribution in [3.63, 3.8) is 0 Å². The molecule has 2 rings (SSSR count). The average molecular weight is 248 g/mol. The molecule has 3 heteroatoms. The molecule has 1 aromatic carbocycles. The summed E-state index contributed by atoms with van der Waals surface area (Å²) in [7, 11) is 0. The number of hydrogen-bond donors (Lipinski definition) is 2. The van der Waals surface area contributed by atoms with Gasteiger partial charge in [0.25, 0.3) is 0 Å². The van der Waals surface area contributed by atoms with Gasteiger partial charge >= 0.3 is 0 Å². The lowest BCUT2D eigenvalue weighted by Gasteiger charge is -2.26. The summed E-state index contributed by atoms with van der Waals surface area (Å²) in [5.74, 6) is 0.337. The molecular formula is C15H24N2O. The zero-order chi connectivity index (χ0) is 12.6. The van der Waals surface area contributed by atoms with E-state index in [2.05, 4.69) is 10.2 Å². The van der Waals surface area contributed by atoms with Crippen LogP contribution in [0.4, 0.5) is 0 Å². The maximum absolute atomic E-state index is 9.18. The van der Waals surface area contributed by atoms with Crippen LogP contribution < -0.4 is 5.32 Å². The first-order valence-electron chi connectivity index (χ1n) is 7.05. The van der Waals surface area contributed by atoms with Gasteiger partial charge < -0.3 is 15.3 Å². The average Bonchev–Trinajstić information content (AvgIpc) is 2.42. The minimum atomic E-state index is 0.337. The van der Waals surface area contributed by atoms with Gasteiger partial charge in [0.05, 0.1) is 0 Å². The highest BCUT2D eigenvalue weighted by atomic mass is 16.3. The van der Waals surface area contributed by atoms with Crippen LogP contribution in [0.25, 0.3) is 0 Å². The van der Waals surface area contributed by atoms with Gasteiger partial charge in [0.1, 0.15) is 5.75 Å². The maximum Gasteiger partial charge on any atom is 0.115 e. The van der Waals surface area contributed by atoms with Gasteiger partial charge in [0, 0.05) is 6.54 Å². The minimum absolute atomic E-state index is 0.337. The highest BCUT2D eigenvalue weighted by molar-refractivity contribution is 5.25. The summed E-state index contributed by atoms with van der Waals surface area (Å²) in [4.78, 5) is 2.58. The molecule has 1 aliphatic rings. The molecule has 100 valence electrons. The van der Waals surface area contributed by atoms with E-state index in [1.54, 1.807) is 12.1 Å². The van der Waals surface area contributed by atoms with E-state index < -0.39 is 0 Å². The van der Waals surface area contributed by atoms with Crippen LogP contribution in [-0.2, 0) is 6.54 Å². The van der Waals surface area contributed by atoms with Gasteiger partial charge in [0.2, 0.25) is 0 Å². The van der Waals surface area contributed by atoms with E-state index in [0.29, 0.717) is 5.75 Å². The maximum atomic E-state index is 9.18. The van der Waals surface area contributed by atoms with Gasteiger partial charge in [-0.1, -0.05) is 18.6 Å². The summed E-state index contributed by atoms with van der Waals surface area (Å²) in [5, 5.41) is 12.6. The summed E-state index contributed by atoms with van der Waals surface area (Å²) in [5.41, 5.74) is 1.23. The Morgan fingerprint density at radius 2 is 1.78 bits per heavy atom. The van der Waals surface area contributed by atoms with Gasteiger partial charge in [-0.15, -0.1) is 0 Å². The second-order valence-electron chi connectivity index (χ2n) is 5.10. The predicted octanol–water partition coefficient (Wildman–Crippen LogP) is 2.36. The molecule has 1 saturated heterocycles. The summed E-state index contributed by atoms with van der Waals surface area (Å²) in [6, 6.07) is 7.41. The van der Waals surface area contributed by atoms with Gasteiger partial charge in [-0.05, 0) is 63.1 Å². The second-order valence-corrected chi connectivity index (χ2v) is 5.10. The third-order valence-electron chi connectivity index (χ3n) is 3.54. The van der Waals surface area contributed by atoms with Gasteiger partial charge in [0.15, 0.2) is 0 Å². The fourth-order valence-corrected chi connectivity index (χ4v) is 2.46. The number of likely N-dealkylation sites (tertiary alicyclic amines) is 1. The minimum Gasteiger partial charge on any atom is -0.508 e. The van der Waals surface area contributed by atoms with Crippen molar-refractivity contribution in [2.75, 3.05) is 26.2 Å². The zero-order valence-electron chi connectivity index (χ0n) is 11.1. The second kappa shape index (κ2) is 7.39. The van der Waals surface area contributed by atoms with Crippen molar-refractivity contribution < 1.29 is 5.11 Å². The largest absolute Gasteiger partial charge is 0.508 e. The van der Waals surface area contributed by atoms with Crippen molar-refractivity contribution in [1.29, 1.82) is 0 Å². The number of nitrogens with one attached hydrogen (secondary N) is 1. The van der Waals surface area contributed by atoms with Crippen molar-refractivity contribution in [2.24, 2.45) is 0 Å². The Balaban J connectivity index is 1.54. The van der Waals surface area contributed by atoms with E-state index in [-0.39, 0.29) is 0 Å². The molecule has 0 bridgehead atoms. The lowest BCUT2D eigenvalue weighted by Crippen LogP contribution is -2.32. The molecule has 0 amide bonds. The Kier molecular flexibility index (Phi) is 5.49. The Bertz CT molecular complexity index is 331. The standard InChI is InChI=1S/C15H24N2O/c18-15-7-5-14(6-8-15)13-16-9-4-12-17-10-2-1-3-11-17/h5-8,16,18H,1-4,9-13H2. The summed E-state index contributed by atoms with van der Waals surface area (Å²) in [6.45, 7) is 5.76. The van der Waals surface area contributed by atoms with Gasteiger partial charge in [-0.25, -0.2) is 0 Å². The molecule has 0 saturated carbocycles. The number of benzene rings is 1. The molecule has 0 spiro atoms. The number of hydrogen-bond acceptors (Lipinski definition) is 3. The highest BCUT2D eigenvalue weighted by Gasteiger charge is 2.08. The smallest absolute Gasteiger partial charge is 0.115 e. The molecule has 18 heavy (non-hydrogen) atoms. The van der Waals surface area contributed by atoms with Crippen LogP contribution in [0.15, 0.2) is 24.3 Å². The Morgan fingerprint density at radius 1 is 1.06 bits per heavy atom. The number of phenols is 1. The monoisotopic (exact) mass is 248 g/mol. The SMILES string of the molecule is Oc1ccc(CNCCCN2CCCCC2)cc1. The van der Waals surface area contributed by atoms with Crippen molar-refractivity contribution >= 4 is 0 Å². The van der Waals surface area contributed by atoms with E-state index >= 15 is 0 Å². The van der Waals surface area contributed by atoms with Gasteiger partial charge in [-0.3, -0.25) is 0 Å². The number of phenolic OH excluding ortho intramolecular Hbond substituents is 1. The molecule has 0 aromatic heterocycles. The van der Waals surface area contributed by atoms with E-state index in [9.17, 15) is 5.11 Å². The number of rotatable bonds is 6. The summed E-state index contributed by atoms with van der Waals surface area (Å²) >= 11 is 0. The first kappa shape index (κ1) is 13.4. The van der Waals surface area contributed by atoms with E-state index in [1.165, 1.54) is 50.9 Å². The lowest BCUT2D eigenvalue weighted by atomic mass is 10.1. The van der Waals surface area contributed by atoms with E-state index in [0.717, 1.165) is 13.1 Å².